The van der Waals surface area contributed by atoms with Crippen molar-refractivity contribution in [3.63, 3.8) is 0 Å². The molecule has 0 bridgehead atoms. The van der Waals surface area contributed by atoms with Crippen LogP contribution < -0.4 is 10.6 Å². The van der Waals surface area contributed by atoms with Crippen molar-refractivity contribution in [3.05, 3.63) is 41.2 Å². The van der Waals surface area contributed by atoms with Gasteiger partial charge in [0, 0.05) is 17.1 Å². The molecule has 2 amide bonds. The minimum absolute atomic E-state index is 0.104. The summed E-state index contributed by atoms with van der Waals surface area (Å²) in [6, 6.07) is 7.18. The number of carbonyl (C=O) groups excluding carboxylic acids is 2. The van der Waals surface area contributed by atoms with Crippen molar-refractivity contribution in [2.75, 3.05) is 31.3 Å². The topological polar surface area (TPSA) is 90.1 Å². The second-order valence-corrected chi connectivity index (χ2v) is 7.15. The van der Waals surface area contributed by atoms with Gasteiger partial charge in [0.2, 0.25) is 5.91 Å². The van der Waals surface area contributed by atoms with Crippen LogP contribution in [0.5, 0.6) is 0 Å². The Morgan fingerprint density at radius 1 is 1.19 bits per heavy atom. The molecule has 7 nitrogen and oxygen atoms in total. The van der Waals surface area contributed by atoms with E-state index in [9.17, 15) is 9.59 Å². The summed E-state index contributed by atoms with van der Waals surface area (Å²) in [6.45, 7) is 6.42. The first-order valence-electron chi connectivity index (χ1n) is 8.65. The molecule has 0 saturated carbocycles. The Hall–Kier alpha value is -2.67. The van der Waals surface area contributed by atoms with Crippen molar-refractivity contribution >= 4 is 23.2 Å². The first-order valence-corrected chi connectivity index (χ1v) is 8.65. The lowest BCUT2D eigenvalue weighted by Crippen LogP contribution is -2.27. The van der Waals surface area contributed by atoms with Gasteiger partial charge in [0.05, 0.1) is 6.54 Å². The Kier molecular flexibility index (Phi) is 6.52. The molecule has 7 heteroatoms. The number of hydrogen-bond donors (Lipinski definition) is 3. The number of aromatic nitrogens is 2. The highest BCUT2D eigenvalue weighted by atomic mass is 16.2. The summed E-state index contributed by atoms with van der Waals surface area (Å²) in [5.74, 6) is 0.0923. The van der Waals surface area contributed by atoms with E-state index < -0.39 is 0 Å². The van der Waals surface area contributed by atoms with E-state index in [2.05, 4.69) is 34.7 Å². The summed E-state index contributed by atoms with van der Waals surface area (Å²) in [7, 11) is 3.67. The Morgan fingerprint density at radius 3 is 2.58 bits per heavy atom. The molecule has 2 rings (SSSR count). The monoisotopic (exact) mass is 357 g/mol. The minimum Gasteiger partial charge on any atom is -0.325 e. The Morgan fingerprint density at radius 2 is 1.92 bits per heavy atom. The van der Waals surface area contributed by atoms with Crippen LogP contribution in [0.2, 0.25) is 0 Å². The minimum atomic E-state index is -0.286. The van der Waals surface area contributed by atoms with Gasteiger partial charge in [-0.1, -0.05) is 19.9 Å². The zero-order chi connectivity index (χ0) is 19.3. The molecule has 0 saturated heterocycles. The highest BCUT2D eigenvalue weighted by molar-refractivity contribution is 6.03. The van der Waals surface area contributed by atoms with Crippen molar-refractivity contribution in [1.82, 2.24) is 15.1 Å². The Balaban J connectivity index is 2.07. The number of nitrogens with zero attached hydrogens (tertiary/aromatic N) is 2. The normalized spacial score (nSPS) is 11.0. The van der Waals surface area contributed by atoms with Crippen LogP contribution in [0, 0.1) is 12.8 Å². The molecule has 0 fully saturated rings. The Labute approximate surface area is 154 Å². The predicted octanol–water partition coefficient (Wildman–Crippen LogP) is 2.67. The third-order valence-electron chi connectivity index (χ3n) is 3.72. The average molecular weight is 357 g/mol. The van der Waals surface area contributed by atoms with E-state index in [1.54, 1.807) is 23.1 Å². The molecule has 26 heavy (non-hydrogen) atoms. The van der Waals surface area contributed by atoms with Gasteiger partial charge in [-0.2, -0.15) is 5.10 Å². The largest absolute Gasteiger partial charge is 0.325 e. The highest BCUT2D eigenvalue weighted by Crippen LogP contribution is 2.21. The van der Waals surface area contributed by atoms with Gasteiger partial charge in [0.1, 0.15) is 0 Å². The molecule has 0 spiro atoms. The summed E-state index contributed by atoms with van der Waals surface area (Å²) in [5.41, 5.74) is 3.49. The number of aryl methyl sites for hydroxylation is 1. The molecule has 0 atom stereocenters. The van der Waals surface area contributed by atoms with E-state index >= 15 is 0 Å². The summed E-state index contributed by atoms with van der Waals surface area (Å²) < 4.78 is 0. The fourth-order valence-corrected chi connectivity index (χ4v) is 2.53. The number of H-pyrrole nitrogens is 1. The van der Waals surface area contributed by atoms with Crippen molar-refractivity contribution in [2.24, 2.45) is 5.92 Å². The van der Waals surface area contributed by atoms with Crippen LogP contribution in [-0.2, 0) is 11.2 Å². The predicted molar refractivity (Wildman–Crippen MR) is 103 cm³/mol. The van der Waals surface area contributed by atoms with Crippen LogP contribution in [0.3, 0.4) is 0 Å². The number of hydrogen-bond acceptors (Lipinski definition) is 4. The summed E-state index contributed by atoms with van der Waals surface area (Å²) >= 11 is 0. The van der Waals surface area contributed by atoms with E-state index in [-0.39, 0.29) is 11.8 Å². The van der Waals surface area contributed by atoms with Crippen LogP contribution in [0.4, 0.5) is 11.4 Å². The van der Waals surface area contributed by atoms with Crippen LogP contribution in [0.1, 0.15) is 35.6 Å². The number of nitrogens with one attached hydrogen (secondary N) is 3. The molecule has 0 aliphatic rings. The highest BCUT2D eigenvalue weighted by Gasteiger charge is 2.13. The zero-order valence-corrected chi connectivity index (χ0v) is 16.0. The van der Waals surface area contributed by atoms with E-state index in [1.807, 2.05) is 27.1 Å². The van der Waals surface area contributed by atoms with Gasteiger partial charge in [-0.05, 0) is 57.1 Å². The van der Waals surface area contributed by atoms with Gasteiger partial charge in [-0.3, -0.25) is 14.7 Å². The number of likely N-dealkylation sites (N-methyl/N-ethyl adjacent to an activating group) is 1. The molecule has 0 aliphatic carbocycles. The number of aromatic amines is 1. The molecule has 1 aromatic carbocycles. The molecule has 0 radical (unpaired) electrons. The third kappa shape index (κ3) is 5.70. The zero-order valence-electron chi connectivity index (χ0n) is 16.0. The summed E-state index contributed by atoms with van der Waals surface area (Å²) in [4.78, 5) is 26.2. The maximum atomic E-state index is 12.4. The molecule has 140 valence electrons. The fourth-order valence-electron chi connectivity index (χ4n) is 2.53. The van der Waals surface area contributed by atoms with Crippen LogP contribution >= 0.6 is 0 Å². The van der Waals surface area contributed by atoms with Gasteiger partial charge < -0.3 is 15.5 Å². The smallest absolute Gasteiger partial charge is 0.276 e. The van der Waals surface area contributed by atoms with E-state index in [4.69, 9.17) is 0 Å². The Bertz CT molecular complexity index is 780. The summed E-state index contributed by atoms with van der Waals surface area (Å²) in [5, 5.41) is 12.7. The van der Waals surface area contributed by atoms with E-state index in [0.29, 0.717) is 29.5 Å². The first-order chi connectivity index (χ1) is 12.2. The fraction of sp³-hybridized carbons (Fsp3) is 0.421. The number of benzene rings is 1. The molecular weight excluding hydrogens is 330 g/mol. The van der Waals surface area contributed by atoms with Gasteiger partial charge in [0.25, 0.3) is 5.91 Å². The number of rotatable bonds is 7. The average Bonchev–Trinajstić information content (AvgIpc) is 2.97. The number of anilines is 2. The number of carbonyl (C=O) groups is 2. The standard InChI is InChI=1S/C19H27N5O2/c1-12(2)8-15-10-17(23-22-15)19(26)20-14-7-6-13(3)16(9-14)21-18(25)11-24(4)5/h6-7,9-10,12H,8,11H2,1-5H3,(H,20,26)(H,21,25)(H,22,23). The third-order valence-corrected chi connectivity index (χ3v) is 3.72. The van der Waals surface area contributed by atoms with E-state index in [1.165, 1.54) is 0 Å². The van der Waals surface area contributed by atoms with Crippen molar-refractivity contribution in [3.8, 4) is 0 Å². The maximum absolute atomic E-state index is 12.4. The second kappa shape index (κ2) is 8.62. The van der Waals surface area contributed by atoms with Crippen LogP contribution in [0.25, 0.3) is 0 Å². The second-order valence-electron chi connectivity index (χ2n) is 7.15. The maximum Gasteiger partial charge on any atom is 0.276 e. The molecule has 3 N–H and O–H groups in total. The molecule has 0 aliphatic heterocycles. The van der Waals surface area contributed by atoms with Gasteiger partial charge in [-0.15, -0.1) is 0 Å². The SMILES string of the molecule is Cc1ccc(NC(=O)c2cc(CC(C)C)[nH]n2)cc1NC(=O)CN(C)C. The van der Waals surface area contributed by atoms with Gasteiger partial charge >= 0.3 is 0 Å². The van der Waals surface area contributed by atoms with Crippen molar-refractivity contribution in [2.45, 2.75) is 27.2 Å². The van der Waals surface area contributed by atoms with E-state index in [0.717, 1.165) is 17.7 Å². The molecule has 2 aromatic rings. The van der Waals surface area contributed by atoms with Gasteiger partial charge in [0.15, 0.2) is 5.69 Å². The van der Waals surface area contributed by atoms with Gasteiger partial charge in [-0.25, -0.2) is 0 Å². The lowest BCUT2D eigenvalue weighted by Gasteiger charge is -2.13. The summed E-state index contributed by atoms with van der Waals surface area (Å²) in [6.07, 6.45) is 0.840. The van der Waals surface area contributed by atoms with Crippen LogP contribution in [-0.4, -0.2) is 47.6 Å². The number of amides is 2. The van der Waals surface area contributed by atoms with Crippen molar-refractivity contribution in [1.29, 1.82) is 0 Å². The molecule has 0 unspecified atom stereocenters. The lowest BCUT2D eigenvalue weighted by atomic mass is 10.1. The lowest BCUT2D eigenvalue weighted by molar-refractivity contribution is -0.116. The quantitative estimate of drug-likeness (QED) is 0.711. The van der Waals surface area contributed by atoms with Crippen molar-refractivity contribution < 1.29 is 9.59 Å². The molecule has 1 aromatic heterocycles. The van der Waals surface area contributed by atoms with Crippen LogP contribution in [0.15, 0.2) is 24.3 Å². The first kappa shape index (κ1) is 19.7. The molecule has 1 heterocycles. The molecular formula is C19H27N5O2.